The molecule has 3 heteroatoms. The van der Waals surface area contributed by atoms with Crippen LogP contribution >= 0.6 is 0 Å². The lowest BCUT2D eigenvalue weighted by atomic mass is 9.69. The number of hydrogen-bond acceptors (Lipinski definition) is 3. The molecule has 2 aliphatic carbocycles. The van der Waals surface area contributed by atoms with Gasteiger partial charge in [0, 0.05) is 24.7 Å². The molecule has 0 aromatic rings. The summed E-state index contributed by atoms with van der Waals surface area (Å²) in [5.41, 5.74) is 4.45. The number of nitrogens with zero attached hydrogens (tertiary/aromatic N) is 2. The molecule has 1 N–H and O–H groups in total. The van der Waals surface area contributed by atoms with Crippen molar-refractivity contribution < 1.29 is 5.11 Å². The van der Waals surface area contributed by atoms with Crippen LogP contribution in [0, 0.1) is 5.92 Å². The topological polar surface area (TPSA) is 35.8 Å². The number of likely N-dealkylation sites (N-methyl/N-ethyl adjacent to an activating group) is 1. The molecular formula is C16H18N2O. The summed E-state index contributed by atoms with van der Waals surface area (Å²) >= 11 is 0. The fourth-order valence-electron chi connectivity index (χ4n) is 3.87. The highest BCUT2D eigenvalue weighted by Crippen LogP contribution is 2.46. The molecule has 0 aromatic heterocycles. The van der Waals surface area contributed by atoms with Gasteiger partial charge in [-0.25, -0.2) is 0 Å². The van der Waals surface area contributed by atoms with E-state index in [0.717, 1.165) is 12.1 Å². The Hall–Kier alpha value is -1.45. The normalized spacial score (nSPS) is 39.9. The van der Waals surface area contributed by atoms with E-state index in [9.17, 15) is 5.11 Å². The summed E-state index contributed by atoms with van der Waals surface area (Å²) in [5, 5.41) is 10.4. The van der Waals surface area contributed by atoms with Crippen LogP contribution in [0.4, 0.5) is 0 Å². The summed E-state index contributed by atoms with van der Waals surface area (Å²) in [6.45, 7) is 2.58. The molecule has 3 nitrogen and oxygen atoms in total. The van der Waals surface area contributed by atoms with E-state index in [2.05, 4.69) is 41.2 Å². The van der Waals surface area contributed by atoms with E-state index in [1.54, 1.807) is 0 Å². The average molecular weight is 254 g/mol. The molecule has 3 atom stereocenters. The van der Waals surface area contributed by atoms with Crippen molar-refractivity contribution in [3.05, 3.63) is 47.2 Å². The molecule has 0 spiro atoms. The fourth-order valence-corrected chi connectivity index (χ4v) is 3.87. The van der Waals surface area contributed by atoms with Crippen molar-refractivity contribution in [3.8, 4) is 0 Å². The minimum absolute atomic E-state index is 0.342. The van der Waals surface area contributed by atoms with Gasteiger partial charge < -0.3 is 5.11 Å². The van der Waals surface area contributed by atoms with Crippen molar-refractivity contribution in [3.63, 3.8) is 0 Å². The van der Waals surface area contributed by atoms with Crippen molar-refractivity contribution in [2.45, 2.75) is 25.0 Å². The first-order valence-electron chi connectivity index (χ1n) is 6.86. The highest BCUT2D eigenvalue weighted by atomic mass is 16.3. The second kappa shape index (κ2) is 3.56. The van der Waals surface area contributed by atoms with Crippen LogP contribution in [0.3, 0.4) is 0 Å². The van der Waals surface area contributed by atoms with Crippen molar-refractivity contribution >= 4 is 5.71 Å². The van der Waals surface area contributed by atoms with E-state index in [1.165, 1.54) is 16.7 Å². The Labute approximate surface area is 113 Å². The van der Waals surface area contributed by atoms with Crippen LogP contribution in [-0.4, -0.2) is 41.0 Å². The van der Waals surface area contributed by atoms with Crippen LogP contribution in [0.1, 0.15) is 13.3 Å². The van der Waals surface area contributed by atoms with E-state index in [1.807, 2.05) is 13.1 Å². The zero-order valence-corrected chi connectivity index (χ0v) is 11.3. The molecule has 0 amide bonds. The molecule has 0 bridgehead atoms. The first kappa shape index (κ1) is 11.4. The van der Waals surface area contributed by atoms with E-state index in [4.69, 9.17) is 0 Å². The van der Waals surface area contributed by atoms with Gasteiger partial charge in [-0.3, -0.25) is 9.89 Å². The van der Waals surface area contributed by atoms with Gasteiger partial charge in [0.2, 0.25) is 0 Å². The maximum atomic E-state index is 10.4. The van der Waals surface area contributed by atoms with Crippen molar-refractivity contribution in [1.82, 2.24) is 4.90 Å². The third kappa shape index (κ3) is 1.55. The maximum Gasteiger partial charge on any atom is 0.0932 e. The molecular weight excluding hydrogens is 236 g/mol. The molecule has 4 aliphatic rings. The second-order valence-electron chi connectivity index (χ2n) is 6.26. The number of aliphatic hydroxyl groups is 1. The van der Waals surface area contributed by atoms with Gasteiger partial charge in [0.25, 0.3) is 0 Å². The minimum atomic E-state index is -0.736. The molecule has 98 valence electrons. The summed E-state index contributed by atoms with van der Waals surface area (Å²) in [5.74, 6) is 0.342. The van der Waals surface area contributed by atoms with Crippen LogP contribution in [0.15, 0.2) is 52.2 Å². The third-order valence-corrected chi connectivity index (χ3v) is 4.59. The van der Waals surface area contributed by atoms with Crippen LogP contribution in [0.2, 0.25) is 0 Å². The summed E-state index contributed by atoms with van der Waals surface area (Å²) in [7, 11) is 2.10. The Bertz CT molecular complexity index is 604. The number of rotatable bonds is 0. The van der Waals surface area contributed by atoms with Crippen LogP contribution in [0.25, 0.3) is 0 Å². The quantitative estimate of drug-likeness (QED) is 0.716. The Morgan fingerprint density at radius 1 is 1.42 bits per heavy atom. The number of β-amino-alcohol motifs (C(OH)–C–C–N with tert-alkyl or cyclic N) is 1. The van der Waals surface area contributed by atoms with Crippen LogP contribution < -0.4 is 0 Å². The smallest absolute Gasteiger partial charge is 0.0932 e. The van der Waals surface area contributed by atoms with Gasteiger partial charge in [-0.15, -0.1) is 0 Å². The predicted octanol–water partition coefficient (Wildman–Crippen LogP) is 1.83. The number of aliphatic imine (C=N–C) groups is 1. The van der Waals surface area contributed by atoms with Crippen molar-refractivity contribution in [1.29, 1.82) is 0 Å². The molecule has 1 saturated carbocycles. The predicted molar refractivity (Wildman–Crippen MR) is 76.0 cm³/mol. The monoisotopic (exact) mass is 254 g/mol. The largest absolute Gasteiger partial charge is 0.385 e. The Morgan fingerprint density at radius 2 is 2.26 bits per heavy atom. The fraction of sp³-hybridized carbons (Fsp3) is 0.438. The van der Waals surface area contributed by atoms with Crippen LogP contribution in [0.5, 0.6) is 0 Å². The van der Waals surface area contributed by atoms with Crippen LogP contribution in [-0.2, 0) is 0 Å². The third-order valence-electron chi connectivity index (χ3n) is 4.59. The van der Waals surface area contributed by atoms with Gasteiger partial charge in [-0.2, -0.15) is 0 Å². The van der Waals surface area contributed by atoms with Gasteiger partial charge in [0.15, 0.2) is 0 Å². The maximum absolute atomic E-state index is 10.4. The molecule has 0 saturated heterocycles. The van der Waals surface area contributed by atoms with Crippen molar-refractivity contribution in [2.75, 3.05) is 13.6 Å². The van der Waals surface area contributed by atoms with E-state index < -0.39 is 5.60 Å². The molecule has 0 radical (unpaired) electrons. The Balaban J connectivity index is 1.88. The lowest BCUT2D eigenvalue weighted by Gasteiger charge is -2.45. The summed E-state index contributed by atoms with van der Waals surface area (Å²) in [6, 6.07) is 0.384. The number of hydrogen-bond donors (Lipinski definition) is 1. The average Bonchev–Trinajstić information content (AvgIpc) is 2.75. The Kier molecular flexibility index (Phi) is 2.13. The first-order chi connectivity index (χ1) is 9.05. The van der Waals surface area contributed by atoms with Gasteiger partial charge in [-0.1, -0.05) is 12.2 Å². The van der Waals surface area contributed by atoms with E-state index in [-0.39, 0.29) is 0 Å². The van der Waals surface area contributed by atoms with Gasteiger partial charge in [0.1, 0.15) is 0 Å². The SMILES string of the molecule is CN1C[C@@](C)(O)C=C2C3=CC=CC4=NC=C(C[C@H]21)C34. The van der Waals surface area contributed by atoms with E-state index >= 15 is 0 Å². The van der Waals surface area contributed by atoms with Crippen molar-refractivity contribution in [2.24, 2.45) is 10.9 Å². The first-order valence-corrected chi connectivity index (χ1v) is 6.86. The molecule has 2 heterocycles. The van der Waals surface area contributed by atoms with Gasteiger partial charge in [0.05, 0.1) is 11.3 Å². The minimum Gasteiger partial charge on any atom is -0.385 e. The highest BCUT2D eigenvalue weighted by molar-refractivity contribution is 6.05. The summed E-state index contributed by atoms with van der Waals surface area (Å²) < 4.78 is 0. The molecule has 2 aliphatic heterocycles. The zero-order chi connectivity index (χ0) is 13.2. The highest BCUT2D eigenvalue weighted by Gasteiger charge is 2.43. The number of allylic oxidation sites excluding steroid dienone is 3. The standard InChI is InChI=1S/C16H18N2O/c1-16(19)7-12-11-4-3-5-13-15(11)10(8-17-13)6-14(12)18(2)9-16/h3-5,7-8,14-15,19H,6,9H2,1-2H3/t14-,15?,16+/m1/s1. The number of fused-ring (bicyclic) bond motifs is 2. The lowest BCUT2D eigenvalue weighted by Crippen LogP contribution is -2.51. The summed E-state index contributed by atoms with van der Waals surface area (Å²) in [4.78, 5) is 6.81. The van der Waals surface area contributed by atoms with Gasteiger partial charge >= 0.3 is 0 Å². The molecule has 0 aromatic carbocycles. The summed E-state index contributed by atoms with van der Waals surface area (Å²) in [6.07, 6.45) is 11.5. The molecule has 4 rings (SSSR count). The lowest BCUT2D eigenvalue weighted by molar-refractivity contribution is 0.0460. The molecule has 1 unspecified atom stereocenters. The van der Waals surface area contributed by atoms with Gasteiger partial charge in [-0.05, 0) is 49.3 Å². The Morgan fingerprint density at radius 3 is 3.11 bits per heavy atom. The second-order valence-corrected chi connectivity index (χ2v) is 6.26. The molecule has 19 heavy (non-hydrogen) atoms. The van der Waals surface area contributed by atoms with E-state index in [0.29, 0.717) is 18.5 Å². The molecule has 1 fully saturated rings. The zero-order valence-electron chi connectivity index (χ0n) is 11.3.